The number of rotatable bonds is 7. The Kier molecular flexibility index (Phi) is 5.63. The molecule has 1 aromatic heterocycles. The Morgan fingerprint density at radius 2 is 2.05 bits per heavy atom. The van der Waals surface area contributed by atoms with Gasteiger partial charge in [-0.2, -0.15) is 0 Å². The molecule has 2 rings (SSSR count). The van der Waals surface area contributed by atoms with Crippen LogP contribution in [0.3, 0.4) is 0 Å². The maximum atomic E-state index is 11.9. The second-order valence-electron chi connectivity index (χ2n) is 6.17. The van der Waals surface area contributed by atoms with Crippen LogP contribution in [-0.2, 0) is 16.6 Å². The fraction of sp³-hybridized carbons (Fsp3) is 0.800. The molecule has 1 aliphatic heterocycles. The maximum Gasteiger partial charge on any atom is 0.211 e. The molecule has 0 amide bonds. The number of sulfonamides is 1. The fourth-order valence-corrected chi connectivity index (χ4v) is 4.05. The van der Waals surface area contributed by atoms with Gasteiger partial charge < -0.3 is 4.52 Å². The molecule has 22 heavy (non-hydrogen) atoms. The number of likely N-dealkylation sites (tertiary alicyclic amines) is 1. The van der Waals surface area contributed by atoms with E-state index in [1.54, 1.807) is 6.92 Å². The topological polar surface area (TPSA) is 75.4 Å². The number of hydrogen-bond acceptors (Lipinski definition) is 5. The highest BCUT2D eigenvalue weighted by Gasteiger charge is 2.34. The van der Waals surface area contributed by atoms with Crippen LogP contribution < -0.4 is 4.72 Å². The predicted octanol–water partition coefficient (Wildman–Crippen LogP) is 1.83. The molecule has 1 N–H and O–H groups in total. The van der Waals surface area contributed by atoms with Gasteiger partial charge >= 0.3 is 0 Å². The first kappa shape index (κ1) is 17.4. The summed E-state index contributed by atoms with van der Waals surface area (Å²) in [5.74, 6) is 1.35. The minimum absolute atomic E-state index is 0.00497. The quantitative estimate of drug-likeness (QED) is 0.826. The van der Waals surface area contributed by atoms with E-state index in [1.165, 1.54) is 0 Å². The van der Waals surface area contributed by atoms with Crippen LogP contribution in [0.15, 0.2) is 4.52 Å². The van der Waals surface area contributed by atoms with Crippen molar-refractivity contribution in [3.8, 4) is 0 Å². The van der Waals surface area contributed by atoms with Gasteiger partial charge in [0, 0.05) is 31.2 Å². The number of aromatic nitrogens is 1. The molecule has 1 aliphatic rings. The molecule has 2 atom stereocenters. The van der Waals surface area contributed by atoms with Crippen LogP contribution in [0.1, 0.15) is 43.7 Å². The summed E-state index contributed by atoms with van der Waals surface area (Å²) in [6, 6.07) is 0.00497. The zero-order valence-corrected chi connectivity index (χ0v) is 14.7. The van der Waals surface area contributed by atoms with Gasteiger partial charge in [0.25, 0.3) is 0 Å². The monoisotopic (exact) mass is 329 g/mol. The van der Waals surface area contributed by atoms with Crippen molar-refractivity contribution in [2.24, 2.45) is 5.92 Å². The minimum atomic E-state index is -3.16. The molecule has 0 unspecified atom stereocenters. The van der Waals surface area contributed by atoms with E-state index in [1.807, 2.05) is 13.8 Å². The number of hydrogen-bond donors (Lipinski definition) is 1. The van der Waals surface area contributed by atoms with Crippen molar-refractivity contribution in [1.82, 2.24) is 14.8 Å². The van der Waals surface area contributed by atoms with Crippen molar-refractivity contribution in [1.29, 1.82) is 0 Å². The molecule has 0 saturated carbocycles. The van der Waals surface area contributed by atoms with Crippen LogP contribution in [0, 0.1) is 19.8 Å². The summed E-state index contributed by atoms with van der Waals surface area (Å²) < 4.78 is 31.9. The molecule has 6 nitrogen and oxygen atoms in total. The van der Waals surface area contributed by atoms with Gasteiger partial charge in [-0.25, -0.2) is 13.1 Å². The van der Waals surface area contributed by atoms with E-state index in [9.17, 15) is 8.42 Å². The summed E-state index contributed by atoms with van der Waals surface area (Å²) in [4.78, 5) is 2.30. The molecule has 0 aliphatic carbocycles. The van der Waals surface area contributed by atoms with Gasteiger partial charge in [0.2, 0.25) is 10.0 Å². The van der Waals surface area contributed by atoms with Crippen molar-refractivity contribution >= 4 is 10.0 Å². The van der Waals surface area contributed by atoms with Crippen molar-refractivity contribution in [2.45, 2.75) is 53.1 Å². The van der Waals surface area contributed by atoms with Gasteiger partial charge in [0.15, 0.2) is 0 Å². The Labute approximate surface area is 133 Å². The third kappa shape index (κ3) is 4.08. The van der Waals surface area contributed by atoms with Crippen LogP contribution in [0.25, 0.3) is 0 Å². The molecular weight excluding hydrogens is 302 g/mol. The predicted molar refractivity (Wildman–Crippen MR) is 86.0 cm³/mol. The zero-order chi connectivity index (χ0) is 16.3. The van der Waals surface area contributed by atoms with E-state index in [0.717, 1.165) is 49.5 Å². The fourth-order valence-electron chi connectivity index (χ4n) is 3.15. The van der Waals surface area contributed by atoms with Crippen LogP contribution in [-0.4, -0.2) is 43.4 Å². The molecule has 0 bridgehead atoms. The lowest BCUT2D eigenvalue weighted by Gasteiger charge is -2.18. The summed E-state index contributed by atoms with van der Waals surface area (Å²) in [6.45, 7) is 10.1. The third-order valence-electron chi connectivity index (χ3n) is 4.45. The first-order valence-electron chi connectivity index (χ1n) is 8.00. The van der Waals surface area contributed by atoms with Crippen LogP contribution in [0.4, 0.5) is 0 Å². The van der Waals surface area contributed by atoms with Gasteiger partial charge in [-0.15, -0.1) is 0 Å². The Balaban J connectivity index is 2.07. The minimum Gasteiger partial charge on any atom is -0.361 e. The smallest absolute Gasteiger partial charge is 0.211 e. The molecule has 126 valence electrons. The van der Waals surface area contributed by atoms with Crippen LogP contribution in [0.5, 0.6) is 0 Å². The number of nitrogens with one attached hydrogen (secondary N) is 1. The van der Waals surface area contributed by atoms with Gasteiger partial charge in [0.05, 0.1) is 11.4 Å². The molecule has 1 aromatic rings. The lowest BCUT2D eigenvalue weighted by atomic mass is 9.99. The van der Waals surface area contributed by atoms with Gasteiger partial charge in [-0.05, 0) is 33.1 Å². The summed E-state index contributed by atoms with van der Waals surface area (Å²) in [5, 5.41) is 3.99. The van der Waals surface area contributed by atoms with E-state index in [-0.39, 0.29) is 11.8 Å². The van der Waals surface area contributed by atoms with E-state index in [4.69, 9.17) is 4.52 Å². The first-order chi connectivity index (χ1) is 10.4. The molecule has 1 fully saturated rings. The van der Waals surface area contributed by atoms with Gasteiger partial charge in [-0.1, -0.05) is 18.5 Å². The van der Waals surface area contributed by atoms with Crippen LogP contribution >= 0.6 is 0 Å². The second-order valence-corrected chi connectivity index (χ2v) is 8.22. The lowest BCUT2D eigenvalue weighted by molar-refractivity contribution is 0.308. The van der Waals surface area contributed by atoms with Gasteiger partial charge in [-0.3, -0.25) is 4.90 Å². The Bertz CT molecular complexity index is 578. The van der Waals surface area contributed by atoms with Gasteiger partial charge in [0.1, 0.15) is 5.76 Å². The van der Waals surface area contributed by atoms with Crippen molar-refractivity contribution in [3.63, 3.8) is 0 Å². The highest BCUT2D eigenvalue weighted by Crippen LogP contribution is 2.25. The molecule has 0 radical (unpaired) electrons. The molecular formula is C15H27N3O3S. The summed E-state index contributed by atoms with van der Waals surface area (Å²) in [6.07, 6.45) is 2.10. The Hall–Kier alpha value is -0.920. The van der Waals surface area contributed by atoms with E-state index >= 15 is 0 Å². The second kappa shape index (κ2) is 7.10. The van der Waals surface area contributed by atoms with Crippen LogP contribution in [0.2, 0.25) is 0 Å². The maximum absolute atomic E-state index is 11.9. The normalized spacial score (nSPS) is 23.3. The first-order valence-corrected chi connectivity index (χ1v) is 9.65. The highest BCUT2D eigenvalue weighted by atomic mass is 32.2. The SMILES string of the molecule is CCC[C@H]1CN(Cc2c(C)noc2C)C[C@@H]1NS(=O)(=O)CC. The third-order valence-corrected chi connectivity index (χ3v) is 5.87. The molecule has 7 heteroatoms. The Morgan fingerprint density at radius 3 is 2.59 bits per heavy atom. The molecule has 1 saturated heterocycles. The average Bonchev–Trinajstić information content (AvgIpc) is 2.97. The Morgan fingerprint density at radius 1 is 1.32 bits per heavy atom. The summed E-state index contributed by atoms with van der Waals surface area (Å²) in [7, 11) is -3.16. The molecule has 0 spiro atoms. The largest absolute Gasteiger partial charge is 0.361 e. The summed E-state index contributed by atoms with van der Waals surface area (Å²) >= 11 is 0. The van der Waals surface area contributed by atoms with E-state index in [2.05, 4.69) is 21.7 Å². The average molecular weight is 329 g/mol. The number of aryl methyl sites for hydroxylation is 2. The summed E-state index contributed by atoms with van der Waals surface area (Å²) in [5.41, 5.74) is 2.04. The molecule has 2 heterocycles. The highest BCUT2D eigenvalue weighted by molar-refractivity contribution is 7.89. The van der Waals surface area contributed by atoms with Crippen molar-refractivity contribution in [3.05, 3.63) is 17.0 Å². The van der Waals surface area contributed by atoms with E-state index < -0.39 is 10.0 Å². The van der Waals surface area contributed by atoms with E-state index in [0.29, 0.717) is 5.92 Å². The van der Waals surface area contributed by atoms with Crippen molar-refractivity contribution < 1.29 is 12.9 Å². The standard InChI is InChI=1S/C15H27N3O3S/c1-5-7-13-8-18(9-14-11(3)16-21-12(14)4)10-15(13)17-22(19,20)6-2/h13,15,17H,5-10H2,1-4H3/t13-,15-/m0/s1. The lowest BCUT2D eigenvalue weighted by Crippen LogP contribution is -2.41. The number of nitrogens with zero attached hydrogens (tertiary/aromatic N) is 2. The molecule has 0 aromatic carbocycles. The zero-order valence-electron chi connectivity index (χ0n) is 13.9. The van der Waals surface area contributed by atoms with Crippen molar-refractivity contribution in [2.75, 3.05) is 18.8 Å².